The standard InChI is InChI=1S/C12H9N3O4/c1-18-12(17)8-5-10-13-7(9-3-2-4-19-9)6-11(16)15(10)14-8/h2-6,14H,1H3. The third-order valence-corrected chi connectivity index (χ3v) is 2.63. The lowest BCUT2D eigenvalue weighted by Gasteiger charge is -1.96. The van der Waals surface area contributed by atoms with E-state index in [1.807, 2.05) is 0 Å². The number of carbonyl (C=O) groups is 1. The third kappa shape index (κ3) is 1.81. The maximum Gasteiger partial charge on any atom is 0.356 e. The van der Waals surface area contributed by atoms with Gasteiger partial charge in [-0.3, -0.25) is 9.89 Å². The second-order valence-electron chi connectivity index (χ2n) is 3.81. The van der Waals surface area contributed by atoms with Crippen molar-refractivity contribution in [2.75, 3.05) is 7.11 Å². The zero-order valence-corrected chi connectivity index (χ0v) is 9.91. The van der Waals surface area contributed by atoms with Crippen LogP contribution in [0.5, 0.6) is 0 Å². The molecule has 0 bridgehead atoms. The maximum atomic E-state index is 11.9. The predicted octanol–water partition coefficient (Wildman–Crippen LogP) is 1.07. The summed E-state index contributed by atoms with van der Waals surface area (Å²) >= 11 is 0. The number of carbonyl (C=O) groups excluding carboxylic acids is 1. The van der Waals surface area contributed by atoms with Crippen molar-refractivity contribution in [2.24, 2.45) is 0 Å². The number of fused-ring (bicyclic) bond motifs is 1. The van der Waals surface area contributed by atoms with E-state index in [4.69, 9.17) is 4.42 Å². The normalized spacial score (nSPS) is 10.8. The molecule has 0 radical (unpaired) electrons. The summed E-state index contributed by atoms with van der Waals surface area (Å²) < 4.78 is 10.9. The highest BCUT2D eigenvalue weighted by molar-refractivity contribution is 5.88. The lowest BCUT2D eigenvalue weighted by Crippen LogP contribution is -2.15. The number of nitrogens with one attached hydrogen (secondary N) is 1. The van der Waals surface area contributed by atoms with Crippen LogP contribution in [0.3, 0.4) is 0 Å². The lowest BCUT2D eigenvalue weighted by atomic mass is 10.3. The van der Waals surface area contributed by atoms with E-state index in [0.29, 0.717) is 17.1 Å². The summed E-state index contributed by atoms with van der Waals surface area (Å²) in [6.07, 6.45) is 1.50. The molecule has 7 heteroatoms. The Kier molecular flexibility index (Phi) is 2.45. The van der Waals surface area contributed by atoms with Gasteiger partial charge in [-0.1, -0.05) is 0 Å². The van der Waals surface area contributed by atoms with Crippen LogP contribution in [0.2, 0.25) is 0 Å². The fraction of sp³-hybridized carbons (Fsp3) is 0.0833. The minimum Gasteiger partial charge on any atom is -0.464 e. The molecule has 0 saturated carbocycles. The number of aromatic nitrogens is 3. The van der Waals surface area contributed by atoms with Crippen LogP contribution in [0, 0.1) is 0 Å². The predicted molar refractivity (Wildman–Crippen MR) is 64.9 cm³/mol. The van der Waals surface area contributed by atoms with Gasteiger partial charge < -0.3 is 9.15 Å². The molecule has 0 fully saturated rings. The molecular formula is C12H9N3O4. The number of rotatable bonds is 2. The Morgan fingerprint density at radius 1 is 1.47 bits per heavy atom. The quantitative estimate of drug-likeness (QED) is 0.695. The Morgan fingerprint density at radius 3 is 3.00 bits per heavy atom. The zero-order chi connectivity index (χ0) is 13.4. The van der Waals surface area contributed by atoms with Crippen molar-refractivity contribution in [3.63, 3.8) is 0 Å². The Labute approximate surface area is 106 Å². The summed E-state index contributed by atoms with van der Waals surface area (Å²) in [5.74, 6) is -0.0788. The van der Waals surface area contributed by atoms with E-state index >= 15 is 0 Å². The minimum absolute atomic E-state index is 0.156. The van der Waals surface area contributed by atoms with Crippen LogP contribution in [-0.2, 0) is 4.74 Å². The maximum absolute atomic E-state index is 11.9. The number of aromatic amines is 1. The number of ether oxygens (including phenoxy) is 1. The molecule has 0 unspecified atom stereocenters. The molecule has 0 aliphatic rings. The molecule has 0 amide bonds. The van der Waals surface area contributed by atoms with Crippen molar-refractivity contribution in [2.45, 2.75) is 0 Å². The summed E-state index contributed by atoms with van der Waals surface area (Å²) in [5, 5.41) is 2.62. The van der Waals surface area contributed by atoms with Crippen LogP contribution in [0.25, 0.3) is 17.1 Å². The van der Waals surface area contributed by atoms with Crippen LogP contribution in [0.1, 0.15) is 10.5 Å². The molecular weight excluding hydrogens is 250 g/mol. The average molecular weight is 259 g/mol. The first-order valence-electron chi connectivity index (χ1n) is 5.44. The van der Waals surface area contributed by atoms with E-state index in [0.717, 1.165) is 0 Å². The molecule has 0 aliphatic carbocycles. The molecule has 0 atom stereocenters. The summed E-state index contributed by atoms with van der Waals surface area (Å²) in [7, 11) is 1.26. The Balaban J connectivity index is 2.21. The molecule has 0 aromatic carbocycles. The number of methoxy groups -OCH3 is 1. The van der Waals surface area contributed by atoms with Gasteiger partial charge in [0, 0.05) is 12.1 Å². The van der Waals surface area contributed by atoms with E-state index in [2.05, 4.69) is 14.8 Å². The van der Waals surface area contributed by atoms with E-state index in [9.17, 15) is 9.59 Å². The lowest BCUT2D eigenvalue weighted by molar-refractivity contribution is 0.0593. The van der Waals surface area contributed by atoms with Crippen molar-refractivity contribution < 1.29 is 13.9 Å². The topological polar surface area (TPSA) is 89.6 Å². The molecule has 0 aliphatic heterocycles. The van der Waals surface area contributed by atoms with Crippen molar-refractivity contribution in [1.29, 1.82) is 0 Å². The molecule has 3 aromatic rings. The van der Waals surface area contributed by atoms with Gasteiger partial charge in [0.15, 0.2) is 11.4 Å². The first kappa shape index (κ1) is 11.3. The van der Waals surface area contributed by atoms with Crippen LogP contribution in [-0.4, -0.2) is 27.7 Å². The van der Waals surface area contributed by atoms with E-state index in [1.165, 1.54) is 30.0 Å². The number of hydrogen-bond acceptors (Lipinski definition) is 5. The summed E-state index contributed by atoms with van der Waals surface area (Å²) in [6, 6.07) is 6.17. The van der Waals surface area contributed by atoms with Gasteiger partial charge in [0.25, 0.3) is 5.56 Å². The Morgan fingerprint density at radius 2 is 2.32 bits per heavy atom. The first-order chi connectivity index (χ1) is 9.19. The third-order valence-electron chi connectivity index (χ3n) is 2.63. The number of H-pyrrole nitrogens is 1. The Hall–Kier alpha value is -2.83. The smallest absolute Gasteiger partial charge is 0.356 e. The molecule has 0 saturated heterocycles. The number of furan rings is 1. The van der Waals surface area contributed by atoms with Gasteiger partial charge in [-0.2, -0.15) is 0 Å². The van der Waals surface area contributed by atoms with Gasteiger partial charge in [-0.15, -0.1) is 0 Å². The average Bonchev–Trinajstić information content (AvgIpc) is 3.06. The SMILES string of the molecule is COC(=O)c1cc2nc(-c3ccco3)cc(=O)n2[nH]1. The van der Waals surface area contributed by atoms with Crippen LogP contribution < -0.4 is 5.56 Å². The van der Waals surface area contributed by atoms with Gasteiger partial charge in [0.2, 0.25) is 0 Å². The zero-order valence-electron chi connectivity index (χ0n) is 9.91. The highest BCUT2D eigenvalue weighted by Crippen LogP contribution is 2.16. The van der Waals surface area contributed by atoms with Gasteiger partial charge in [-0.05, 0) is 12.1 Å². The molecule has 7 nitrogen and oxygen atoms in total. The minimum atomic E-state index is -0.565. The molecule has 96 valence electrons. The van der Waals surface area contributed by atoms with E-state index in [1.54, 1.807) is 12.1 Å². The second-order valence-corrected chi connectivity index (χ2v) is 3.81. The van der Waals surface area contributed by atoms with Crippen LogP contribution in [0.4, 0.5) is 0 Å². The Bertz CT molecular complexity index is 798. The van der Waals surface area contributed by atoms with Gasteiger partial charge in [-0.25, -0.2) is 14.3 Å². The molecule has 3 rings (SSSR count). The van der Waals surface area contributed by atoms with Gasteiger partial charge in [0.1, 0.15) is 11.4 Å². The number of esters is 1. The van der Waals surface area contributed by atoms with Crippen molar-refractivity contribution in [1.82, 2.24) is 14.6 Å². The van der Waals surface area contributed by atoms with Crippen LogP contribution >= 0.6 is 0 Å². The first-order valence-corrected chi connectivity index (χ1v) is 5.44. The van der Waals surface area contributed by atoms with Gasteiger partial charge >= 0.3 is 5.97 Å². The van der Waals surface area contributed by atoms with Gasteiger partial charge in [0.05, 0.1) is 13.4 Å². The summed E-state index contributed by atoms with van der Waals surface area (Å²) in [4.78, 5) is 27.6. The van der Waals surface area contributed by atoms with E-state index in [-0.39, 0.29) is 11.3 Å². The molecule has 3 heterocycles. The van der Waals surface area contributed by atoms with Crippen molar-refractivity contribution in [3.8, 4) is 11.5 Å². The molecule has 1 N–H and O–H groups in total. The largest absolute Gasteiger partial charge is 0.464 e. The van der Waals surface area contributed by atoms with Crippen LogP contribution in [0.15, 0.2) is 39.7 Å². The second kappa shape index (κ2) is 4.13. The highest BCUT2D eigenvalue weighted by Gasteiger charge is 2.13. The summed E-state index contributed by atoms with van der Waals surface area (Å²) in [6.45, 7) is 0. The fourth-order valence-electron chi connectivity index (χ4n) is 1.76. The fourth-order valence-corrected chi connectivity index (χ4v) is 1.76. The monoisotopic (exact) mass is 259 g/mol. The number of nitrogens with zero attached hydrogens (tertiary/aromatic N) is 2. The van der Waals surface area contributed by atoms with E-state index < -0.39 is 5.97 Å². The molecule has 3 aromatic heterocycles. The molecule has 19 heavy (non-hydrogen) atoms. The summed E-state index contributed by atoms with van der Waals surface area (Å²) in [5.41, 5.74) is 0.542. The molecule has 0 spiro atoms. The number of hydrogen-bond donors (Lipinski definition) is 1. The van der Waals surface area contributed by atoms with Crippen molar-refractivity contribution >= 4 is 11.6 Å². The van der Waals surface area contributed by atoms with Crippen molar-refractivity contribution in [3.05, 3.63) is 46.6 Å². The highest BCUT2D eigenvalue weighted by atomic mass is 16.5.